The number of halogens is 1. The van der Waals surface area contributed by atoms with Gasteiger partial charge in [0.2, 0.25) is 5.91 Å². The third-order valence-electron chi connectivity index (χ3n) is 3.03. The normalized spacial score (nSPS) is 12.0. The highest BCUT2D eigenvalue weighted by atomic mass is 35.5. The van der Waals surface area contributed by atoms with Gasteiger partial charge in [-0.1, -0.05) is 11.6 Å². The average Bonchev–Trinajstić information content (AvgIpc) is 2.78. The molecule has 2 rings (SSSR count). The molecule has 2 N–H and O–H groups in total. The van der Waals surface area contributed by atoms with Gasteiger partial charge in [-0.2, -0.15) is 5.10 Å². The molecule has 0 saturated carbocycles. The van der Waals surface area contributed by atoms with Crippen molar-refractivity contribution in [1.29, 1.82) is 0 Å². The number of aromatic nitrogens is 2. The van der Waals surface area contributed by atoms with Crippen LogP contribution in [-0.4, -0.2) is 26.8 Å². The summed E-state index contributed by atoms with van der Waals surface area (Å²) in [7, 11) is 0. The minimum atomic E-state index is -1.01. The lowest BCUT2D eigenvalue weighted by molar-refractivity contribution is -0.119. The average molecular weight is 308 g/mol. The van der Waals surface area contributed by atoms with Crippen LogP contribution in [0.25, 0.3) is 0 Å². The zero-order valence-electron chi connectivity index (χ0n) is 11.5. The van der Waals surface area contributed by atoms with Gasteiger partial charge in [0, 0.05) is 11.9 Å². The van der Waals surface area contributed by atoms with Gasteiger partial charge in [0.15, 0.2) is 0 Å². The molecule has 0 aliphatic carbocycles. The molecule has 1 aromatic carbocycles. The maximum Gasteiger partial charge on any atom is 0.335 e. The first-order chi connectivity index (χ1) is 9.88. The number of aryl methyl sites for hydroxylation is 1. The third-order valence-corrected chi connectivity index (χ3v) is 3.40. The summed E-state index contributed by atoms with van der Waals surface area (Å²) in [5.41, 5.74) is 1.34. The van der Waals surface area contributed by atoms with Crippen molar-refractivity contribution in [1.82, 2.24) is 9.78 Å². The molecule has 0 saturated heterocycles. The molecule has 0 bridgehead atoms. The summed E-state index contributed by atoms with van der Waals surface area (Å²) in [6.45, 7) is 3.46. The van der Waals surface area contributed by atoms with Crippen LogP contribution in [0.1, 0.15) is 29.0 Å². The van der Waals surface area contributed by atoms with Gasteiger partial charge in [-0.25, -0.2) is 4.79 Å². The van der Waals surface area contributed by atoms with E-state index in [0.717, 1.165) is 0 Å². The molecule has 21 heavy (non-hydrogen) atoms. The van der Waals surface area contributed by atoms with E-state index in [-0.39, 0.29) is 11.5 Å². The maximum absolute atomic E-state index is 12.1. The van der Waals surface area contributed by atoms with Crippen LogP contribution < -0.4 is 5.32 Å². The van der Waals surface area contributed by atoms with E-state index >= 15 is 0 Å². The molecule has 0 unspecified atom stereocenters. The van der Waals surface area contributed by atoms with Crippen LogP contribution in [0.3, 0.4) is 0 Å². The lowest BCUT2D eigenvalue weighted by atomic mass is 10.2. The first-order valence-corrected chi connectivity index (χ1v) is 6.61. The Hall–Kier alpha value is -2.34. The summed E-state index contributed by atoms with van der Waals surface area (Å²) >= 11 is 5.91. The second-order valence-electron chi connectivity index (χ2n) is 4.59. The topological polar surface area (TPSA) is 84.2 Å². The van der Waals surface area contributed by atoms with Gasteiger partial charge in [-0.3, -0.25) is 9.48 Å². The van der Waals surface area contributed by atoms with E-state index in [1.807, 2.05) is 0 Å². The van der Waals surface area contributed by atoms with Gasteiger partial charge < -0.3 is 10.4 Å². The molecule has 0 aliphatic heterocycles. The fourth-order valence-electron chi connectivity index (χ4n) is 1.72. The summed E-state index contributed by atoms with van der Waals surface area (Å²) in [6, 6.07) is 5.40. The fourth-order valence-corrected chi connectivity index (χ4v) is 1.86. The van der Waals surface area contributed by atoms with E-state index < -0.39 is 12.0 Å². The lowest BCUT2D eigenvalue weighted by Crippen LogP contribution is -2.24. The number of carbonyl (C=O) groups excluding carboxylic acids is 1. The van der Waals surface area contributed by atoms with Crippen LogP contribution in [0, 0.1) is 6.92 Å². The van der Waals surface area contributed by atoms with E-state index in [0.29, 0.717) is 16.4 Å². The molecular weight excluding hydrogens is 294 g/mol. The van der Waals surface area contributed by atoms with Crippen molar-refractivity contribution in [2.24, 2.45) is 0 Å². The predicted octanol–water partition coefficient (Wildman–Crippen LogP) is 2.74. The number of aromatic carboxylic acids is 1. The molecule has 1 amide bonds. The number of nitrogens with zero attached hydrogens (tertiary/aromatic N) is 2. The minimum Gasteiger partial charge on any atom is -0.478 e. The molecule has 2 aromatic rings. The molecule has 1 aromatic heterocycles. The highest BCUT2D eigenvalue weighted by Crippen LogP contribution is 2.17. The van der Waals surface area contributed by atoms with Crippen molar-refractivity contribution in [3.05, 3.63) is 46.7 Å². The number of benzene rings is 1. The Morgan fingerprint density at radius 3 is 2.43 bits per heavy atom. The van der Waals surface area contributed by atoms with Gasteiger partial charge in [0.25, 0.3) is 0 Å². The van der Waals surface area contributed by atoms with Crippen LogP contribution >= 0.6 is 11.6 Å². The monoisotopic (exact) mass is 307 g/mol. The predicted molar refractivity (Wildman–Crippen MR) is 78.7 cm³/mol. The summed E-state index contributed by atoms with van der Waals surface area (Å²) in [5.74, 6) is -1.28. The Labute approximate surface area is 126 Å². The number of anilines is 1. The second kappa shape index (κ2) is 5.97. The number of carboxylic acid groups (broad SMARTS) is 1. The Bertz CT molecular complexity index is 660. The van der Waals surface area contributed by atoms with Crippen molar-refractivity contribution in [2.75, 3.05) is 5.32 Å². The summed E-state index contributed by atoms with van der Waals surface area (Å²) in [6.07, 6.45) is 1.59. The van der Waals surface area contributed by atoms with Gasteiger partial charge in [0.1, 0.15) is 6.04 Å². The molecule has 0 aliphatic rings. The molecule has 6 nitrogen and oxygen atoms in total. The quantitative estimate of drug-likeness (QED) is 0.909. The molecule has 1 atom stereocenters. The molecule has 7 heteroatoms. The van der Waals surface area contributed by atoms with Gasteiger partial charge >= 0.3 is 5.97 Å². The van der Waals surface area contributed by atoms with Crippen LogP contribution in [-0.2, 0) is 4.79 Å². The molecular formula is C14H14ClN3O3. The zero-order chi connectivity index (χ0) is 15.6. The van der Waals surface area contributed by atoms with Crippen molar-refractivity contribution in [3.8, 4) is 0 Å². The summed E-state index contributed by atoms with van der Waals surface area (Å²) in [5, 5.41) is 16.2. The number of carboxylic acids is 1. The highest BCUT2D eigenvalue weighted by molar-refractivity contribution is 6.31. The molecule has 110 valence electrons. The highest BCUT2D eigenvalue weighted by Gasteiger charge is 2.17. The maximum atomic E-state index is 12.1. The van der Waals surface area contributed by atoms with Crippen LogP contribution in [0.5, 0.6) is 0 Å². The number of rotatable bonds is 4. The minimum absolute atomic E-state index is 0.163. The summed E-state index contributed by atoms with van der Waals surface area (Å²) in [4.78, 5) is 22.9. The molecule has 0 fully saturated rings. The number of nitrogens with one attached hydrogen (secondary N) is 1. The number of hydrogen-bond donors (Lipinski definition) is 2. The second-order valence-corrected chi connectivity index (χ2v) is 5.00. The van der Waals surface area contributed by atoms with Crippen LogP contribution in [0.2, 0.25) is 5.02 Å². The lowest BCUT2D eigenvalue weighted by Gasteiger charge is -2.12. The van der Waals surface area contributed by atoms with Crippen molar-refractivity contribution < 1.29 is 14.7 Å². The Kier molecular flexibility index (Phi) is 4.28. The molecule has 0 spiro atoms. The number of carbonyl (C=O) groups is 2. The fraction of sp³-hybridized carbons (Fsp3) is 0.214. The Balaban J connectivity index is 2.08. The van der Waals surface area contributed by atoms with Crippen LogP contribution in [0.4, 0.5) is 5.69 Å². The van der Waals surface area contributed by atoms with Gasteiger partial charge in [-0.05, 0) is 38.1 Å². The summed E-state index contributed by atoms with van der Waals surface area (Å²) < 4.78 is 1.48. The van der Waals surface area contributed by atoms with E-state index in [1.165, 1.54) is 28.9 Å². The van der Waals surface area contributed by atoms with Crippen molar-refractivity contribution in [2.45, 2.75) is 19.9 Å². The van der Waals surface area contributed by atoms with Gasteiger partial charge in [0.05, 0.1) is 16.3 Å². The van der Waals surface area contributed by atoms with Gasteiger partial charge in [-0.15, -0.1) is 0 Å². The Morgan fingerprint density at radius 2 is 1.95 bits per heavy atom. The molecule has 0 radical (unpaired) electrons. The smallest absolute Gasteiger partial charge is 0.335 e. The largest absolute Gasteiger partial charge is 0.478 e. The van der Waals surface area contributed by atoms with Crippen molar-refractivity contribution in [3.63, 3.8) is 0 Å². The number of amides is 1. The zero-order valence-corrected chi connectivity index (χ0v) is 12.3. The van der Waals surface area contributed by atoms with E-state index in [4.69, 9.17) is 16.7 Å². The number of hydrogen-bond acceptors (Lipinski definition) is 3. The van der Waals surface area contributed by atoms with Crippen LogP contribution in [0.15, 0.2) is 30.5 Å². The molecule has 1 heterocycles. The first-order valence-electron chi connectivity index (χ1n) is 6.24. The third kappa shape index (κ3) is 3.41. The van der Waals surface area contributed by atoms with E-state index in [2.05, 4.69) is 10.4 Å². The Morgan fingerprint density at radius 1 is 1.33 bits per heavy atom. The standard InChI is InChI=1S/C14H14ClN3O3/c1-8-12(15)7-18(17-8)9(2)13(19)16-11-5-3-10(4-6-11)14(20)21/h3-7,9H,1-2H3,(H,16,19)(H,20,21)/t9-/m1/s1. The van der Waals surface area contributed by atoms with E-state index in [1.54, 1.807) is 20.0 Å². The first kappa shape index (κ1) is 15.1. The SMILES string of the molecule is Cc1nn([C@H](C)C(=O)Nc2ccc(C(=O)O)cc2)cc1Cl. The van der Waals surface area contributed by atoms with Crippen molar-refractivity contribution >= 4 is 29.2 Å². The van der Waals surface area contributed by atoms with E-state index in [9.17, 15) is 9.59 Å².